The summed E-state index contributed by atoms with van der Waals surface area (Å²) in [6, 6.07) is 12.8. The second kappa shape index (κ2) is 8.03. The number of hydrogen-bond acceptors (Lipinski definition) is 3. The first kappa shape index (κ1) is 16.6. The Morgan fingerprint density at radius 2 is 1.77 bits per heavy atom. The minimum absolute atomic E-state index is 0.175. The summed E-state index contributed by atoms with van der Waals surface area (Å²) in [6.07, 6.45) is 0. The molecule has 0 bridgehead atoms. The zero-order valence-corrected chi connectivity index (χ0v) is 14.7. The van der Waals surface area contributed by atoms with Gasteiger partial charge in [0.2, 0.25) is 0 Å². The van der Waals surface area contributed by atoms with Crippen LogP contribution >= 0.6 is 22.6 Å². The van der Waals surface area contributed by atoms with Gasteiger partial charge in [-0.2, -0.15) is 0 Å². The number of halogens is 1. The van der Waals surface area contributed by atoms with Crippen LogP contribution in [0.4, 0.5) is 5.69 Å². The maximum atomic E-state index is 12.3. The molecule has 0 heterocycles. The quantitative estimate of drug-likeness (QED) is 0.720. The number of ether oxygens (including phenoxy) is 2. The molecule has 0 unspecified atom stereocenters. The van der Waals surface area contributed by atoms with E-state index in [1.807, 2.05) is 38.1 Å². The summed E-state index contributed by atoms with van der Waals surface area (Å²) in [4.78, 5) is 12.3. The molecule has 0 atom stereocenters. The molecule has 0 aromatic heterocycles. The van der Waals surface area contributed by atoms with Gasteiger partial charge < -0.3 is 14.8 Å². The maximum absolute atomic E-state index is 12.3. The third-order valence-electron chi connectivity index (χ3n) is 2.89. The minimum Gasteiger partial charge on any atom is -0.490 e. The number of carbonyl (C=O) groups excluding carboxylic acids is 1. The molecule has 0 aliphatic carbocycles. The van der Waals surface area contributed by atoms with Crippen molar-refractivity contribution in [2.24, 2.45) is 0 Å². The first-order valence-corrected chi connectivity index (χ1v) is 8.18. The molecule has 0 radical (unpaired) electrons. The fourth-order valence-electron chi connectivity index (χ4n) is 1.96. The first-order valence-electron chi connectivity index (χ1n) is 7.10. The van der Waals surface area contributed by atoms with Gasteiger partial charge in [-0.3, -0.25) is 4.79 Å². The van der Waals surface area contributed by atoms with Crippen molar-refractivity contribution in [3.8, 4) is 11.5 Å². The van der Waals surface area contributed by atoms with E-state index in [0.29, 0.717) is 30.3 Å². The van der Waals surface area contributed by atoms with E-state index in [0.717, 1.165) is 9.26 Å². The van der Waals surface area contributed by atoms with Crippen LogP contribution in [0.15, 0.2) is 42.5 Å². The van der Waals surface area contributed by atoms with Crippen LogP contribution in [0.25, 0.3) is 0 Å². The third kappa shape index (κ3) is 4.37. The van der Waals surface area contributed by atoms with Crippen LogP contribution in [-0.4, -0.2) is 19.1 Å². The van der Waals surface area contributed by atoms with Gasteiger partial charge in [0.15, 0.2) is 11.5 Å². The van der Waals surface area contributed by atoms with Gasteiger partial charge in [-0.05, 0) is 72.8 Å². The van der Waals surface area contributed by atoms with Crippen LogP contribution in [-0.2, 0) is 0 Å². The highest BCUT2D eigenvalue weighted by Crippen LogP contribution is 2.29. The zero-order chi connectivity index (χ0) is 15.9. The molecule has 0 aliphatic heterocycles. The number of rotatable bonds is 6. The number of nitrogens with one attached hydrogen (secondary N) is 1. The summed E-state index contributed by atoms with van der Waals surface area (Å²) in [5.74, 6) is 1.06. The Balaban J connectivity index is 2.20. The lowest BCUT2D eigenvalue weighted by Crippen LogP contribution is -2.12. The van der Waals surface area contributed by atoms with Crippen LogP contribution in [0.2, 0.25) is 0 Å². The standard InChI is InChI=1S/C17H18INO3/c1-3-21-15-9-8-12(10-16(15)22-4-2)17(20)19-14-7-5-6-13(18)11-14/h5-11H,3-4H2,1-2H3,(H,19,20). The lowest BCUT2D eigenvalue weighted by molar-refractivity contribution is 0.102. The van der Waals surface area contributed by atoms with Crippen LogP contribution in [0.1, 0.15) is 24.2 Å². The van der Waals surface area contributed by atoms with E-state index >= 15 is 0 Å². The van der Waals surface area contributed by atoms with Crippen LogP contribution in [0, 0.1) is 3.57 Å². The molecule has 0 spiro atoms. The predicted octanol–water partition coefficient (Wildman–Crippen LogP) is 4.34. The van der Waals surface area contributed by atoms with Gasteiger partial charge in [0.05, 0.1) is 13.2 Å². The number of anilines is 1. The van der Waals surface area contributed by atoms with Gasteiger partial charge in [0.25, 0.3) is 5.91 Å². The van der Waals surface area contributed by atoms with E-state index in [9.17, 15) is 4.79 Å². The molecular weight excluding hydrogens is 393 g/mol. The van der Waals surface area contributed by atoms with Gasteiger partial charge in [-0.15, -0.1) is 0 Å². The number of amides is 1. The molecule has 1 N–H and O–H groups in total. The van der Waals surface area contributed by atoms with Crippen molar-refractivity contribution >= 4 is 34.2 Å². The second-order valence-electron chi connectivity index (χ2n) is 4.49. The Hall–Kier alpha value is -1.76. The Labute approximate surface area is 144 Å². The highest BCUT2D eigenvalue weighted by Gasteiger charge is 2.12. The van der Waals surface area contributed by atoms with Gasteiger partial charge in [-0.1, -0.05) is 6.07 Å². The van der Waals surface area contributed by atoms with Crippen LogP contribution in [0.3, 0.4) is 0 Å². The largest absolute Gasteiger partial charge is 0.490 e. The van der Waals surface area contributed by atoms with E-state index < -0.39 is 0 Å². The van der Waals surface area contributed by atoms with Crippen molar-refractivity contribution in [1.29, 1.82) is 0 Å². The topological polar surface area (TPSA) is 47.6 Å². The van der Waals surface area contributed by atoms with Crippen molar-refractivity contribution in [2.45, 2.75) is 13.8 Å². The molecule has 0 saturated carbocycles. The molecule has 0 aliphatic rings. The van der Waals surface area contributed by atoms with Gasteiger partial charge >= 0.3 is 0 Å². The van der Waals surface area contributed by atoms with Gasteiger partial charge in [-0.25, -0.2) is 0 Å². The summed E-state index contributed by atoms with van der Waals surface area (Å²) >= 11 is 2.21. The normalized spacial score (nSPS) is 10.1. The molecule has 2 rings (SSSR count). The monoisotopic (exact) mass is 411 g/mol. The van der Waals surface area contributed by atoms with Gasteiger partial charge in [0, 0.05) is 14.8 Å². The molecule has 0 fully saturated rings. The highest BCUT2D eigenvalue weighted by molar-refractivity contribution is 14.1. The highest BCUT2D eigenvalue weighted by atomic mass is 127. The summed E-state index contributed by atoms with van der Waals surface area (Å²) in [6.45, 7) is 4.87. The first-order chi connectivity index (χ1) is 10.6. The zero-order valence-electron chi connectivity index (χ0n) is 12.6. The smallest absolute Gasteiger partial charge is 0.255 e. The summed E-state index contributed by atoms with van der Waals surface area (Å²) < 4.78 is 12.1. The van der Waals surface area contributed by atoms with E-state index in [1.54, 1.807) is 18.2 Å². The number of hydrogen-bond donors (Lipinski definition) is 1. The van der Waals surface area contributed by atoms with Crippen molar-refractivity contribution in [3.05, 3.63) is 51.6 Å². The number of carbonyl (C=O) groups is 1. The maximum Gasteiger partial charge on any atom is 0.255 e. The predicted molar refractivity (Wildman–Crippen MR) is 95.9 cm³/mol. The van der Waals surface area contributed by atoms with Gasteiger partial charge in [0.1, 0.15) is 0 Å². The molecule has 4 nitrogen and oxygen atoms in total. The molecule has 2 aromatic carbocycles. The summed E-state index contributed by atoms with van der Waals surface area (Å²) in [5.41, 5.74) is 1.30. The summed E-state index contributed by atoms with van der Waals surface area (Å²) in [5, 5.41) is 2.88. The Morgan fingerprint density at radius 3 is 2.45 bits per heavy atom. The molecule has 22 heavy (non-hydrogen) atoms. The Bertz CT molecular complexity index is 658. The van der Waals surface area contributed by atoms with Crippen LogP contribution in [0.5, 0.6) is 11.5 Å². The van der Waals surface area contributed by atoms with Crippen molar-refractivity contribution in [2.75, 3.05) is 18.5 Å². The van der Waals surface area contributed by atoms with Crippen molar-refractivity contribution < 1.29 is 14.3 Å². The Kier molecular flexibility index (Phi) is 6.06. The molecule has 5 heteroatoms. The average molecular weight is 411 g/mol. The lowest BCUT2D eigenvalue weighted by atomic mass is 10.2. The molecule has 116 valence electrons. The minimum atomic E-state index is -0.175. The SMILES string of the molecule is CCOc1ccc(C(=O)Nc2cccc(I)c2)cc1OCC. The Morgan fingerprint density at radius 1 is 1.05 bits per heavy atom. The average Bonchev–Trinajstić information content (AvgIpc) is 2.49. The molecule has 1 amide bonds. The summed E-state index contributed by atoms with van der Waals surface area (Å²) in [7, 11) is 0. The number of benzene rings is 2. The van der Waals surface area contributed by atoms with E-state index in [-0.39, 0.29) is 5.91 Å². The third-order valence-corrected chi connectivity index (χ3v) is 3.56. The van der Waals surface area contributed by atoms with Crippen molar-refractivity contribution in [1.82, 2.24) is 0 Å². The van der Waals surface area contributed by atoms with E-state index in [2.05, 4.69) is 27.9 Å². The van der Waals surface area contributed by atoms with Crippen LogP contribution < -0.4 is 14.8 Å². The fraction of sp³-hybridized carbons (Fsp3) is 0.235. The molecular formula is C17H18INO3. The fourth-order valence-corrected chi connectivity index (χ4v) is 2.50. The molecule has 2 aromatic rings. The second-order valence-corrected chi connectivity index (χ2v) is 5.74. The van der Waals surface area contributed by atoms with Crippen molar-refractivity contribution in [3.63, 3.8) is 0 Å². The lowest BCUT2D eigenvalue weighted by Gasteiger charge is -2.12. The van der Waals surface area contributed by atoms with E-state index in [4.69, 9.17) is 9.47 Å². The molecule has 0 saturated heterocycles. The van der Waals surface area contributed by atoms with E-state index in [1.165, 1.54) is 0 Å².